The number of nitro benzene ring substituents is 1. The molecular formula is C10H12N2O2S. The van der Waals surface area contributed by atoms with Gasteiger partial charge in [-0.2, -0.15) is 12.6 Å². The number of anilines is 1. The van der Waals surface area contributed by atoms with Gasteiger partial charge in [-0.3, -0.25) is 10.1 Å². The van der Waals surface area contributed by atoms with E-state index in [1.54, 1.807) is 13.0 Å². The van der Waals surface area contributed by atoms with Gasteiger partial charge in [-0.25, -0.2) is 0 Å². The maximum Gasteiger partial charge on any atom is 0.292 e. The first kappa shape index (κ1) is 11.6. The number of benzene rings is 1. The molecule has 0 saturated carbocycles. The predicted octanol–water partition coefficient (Wildman–Crippen LogP) is 2.43. The number of hydrogen-bond acceptors (Lipinski definition) is 4. The molecule has 0 aliphatic carbocycles. The van der Waals surface area contributed by atoms with E-state index in [-0.39, 0.29) is 11.4 Å². The molecule has 0 heterocycles. The van der Waals surface area contributed by atoms with E-state index in [1.165, 1.54) is 6.07 Å². The van der Waals surface area contributed by atoms with E-state index >= 15 is 0 Å². The van der Waals surface area contributed by atoms with Crippen LogP contribution in [0.5, 0.6) is 0 Å². The van der Waals surface area contributed by atoms with Crippen molar-refractivity contribution < 1.29 is 4.92 Å². The fourth-order valence-electron chi connectivity index (χ4n) is 1.24. The van der Waals surface area contributed by atoms with Crippen molar-refractivity contribution in [1.82, 2.24) is 0 Å². The number of nitrogens with two attached hydrogens (primary N) is 1. The van der Waals surface area contributed by atoms with Gasteiger partial charge >= 0.3 is 0 Å². The topological polar surface area (TPSA) is 69.2 Å². The Balaban J connectivity index is 3.23. The second-order valence-electron chi connectivity index (χ2n) is 3.11. The van der Waals surface area contributed by atoms with Crippen LogP contribution in [-0.4, -0.2) is 10.7 Å². The van der Waals surface area contributed by atoms with Gasteiger partial charge < -0.3 is 5.73 Å². The Morgan fingerprint density at radius 2 is 2.27 bits per heavy atom. The summed E-state index contributed by atoms with van der Waals surface area (Å²) in [5.74, 6) is 0.594. The molecule has 4 nitrogen and oxygen atoms in total. The van der Waals surface area contributed by atoms with Crippen LogP contribution in [0, 0.1) is 17.0 Å². The van der Waals surface area contributed by atoms with Crippen molar-refractivity contribution in [2.75, 3.05) is 11.5 Å². The summed E-state index contributed by atoms with van der Waals surface area (Å²) in [7, 11) is 0. The number of hydrogen-bond donors (Lipinski definition) is 2. The Morgan fingerprint density at radius 3 is 2.80 bits per heavy atom. The number of nitro groups is 1. The van der Waals surface area contributed by atoms with E-state index in [1.807, 2.05) is 12.1 Å². The highest BCUT2D eigenvalue weighted by Crippen LogP contribution is 2.27. The van der Waals surface area contributed by atoms with E-state index in [4.69, 9.17) is 5.73 Å². The minimum absolute atomic E-state index is 0.0474. The van der Waals surface area contributed by atoms with Crippen molar-refractivity contribution in [3.8, 4) is 0 Å². The molecule has 0 fully saturated rings. The molecule has 0 amide bonds. The van der Waals surface area contributed by atoms with E-state index in [0.29, 0.717) is 11.3 Å². The predicted molar refractivity (Wildman–Crippen MR) is 65.1 cm³/mol. The normalized spacial score (nSPS) is 10.8. The monoisotopic (exact) mass is 224 g/mol. The Hall–Kier alpha value is -1.49. The zero-order valence-electron chi connectivity index (χ0n) is 8.30. The van der Waals surface area contributed by atoms with E-state index in [2.05, 4.69) is 12.6 Å². The van der Waals surface area contributed by atoms with Crippen LogP contribution in [0.15, 0.2) is 18.2 Å². The molecule has 1 rings (SSSR count). The Bertz CT molecular complexity index is 416. The summed E-state index contributed by atoms with van der Waals surface area (Å²) in [6, 6.07) is 3.27. The van der Waals surface area contributed by atoms with Crippen molar-refractivity contribution in [2.45, 2.75) is 6.92 Å². The third-order valence-corrected chi connectivity index (χ3v) is 2.21. The fraction of sp³-hybridized carbons (Fsp3) is 0.200. The second-order valence-corrected chi connectivity index (χ2v) is 3.48. The van der Waals surface area contributed by atoms with Gasteiger partial charge in [-0.05, 0) is 24.1 Å². The molecule has 0 radical (unpaired) electrons. The lowest BCUT2D eigenvalue weighted by Crippen LogP contribution is -1.98. The van der Waals surface area contributed by atoms with Crippen LogP contribution in [0.1, 0.15) is 11.1 Å². The minimum atomic E-state index is -0.472. The second kappa shape index (κ2) is 4.84. The molecule has 2 N–H and O–H groups in total. The molecule has 0 aromatic heterocycles. The molecule has 1 aromatic carbocycles. The molecule has 0 aliphatic heterocycles. The first-order valence-electron chi connectivity index (χ1n) is 4.38. The van der Waals surface area contributed by atoms with Crippen LogP contribution in [0.2, 0.25) is 0 Å². The SMILES string of the molecule is Cc1cc(C=CCS)cc([N+](=O)[O-])c1N. The van der Waals surface area contributed by atoms with E-state index in [9.17, 15) is 10.1 Å². The number of thiol groups is 1. The summed E-state index contributed by atoms with van der Waals surface area (Å²) in [5, 5.41) is 10.7. The summed E-state index contributed by atoms with van der Waals surface area (Å²) >= 11 is 4.02. The highest BCUT2D eigenvalue weighted by atomic mass is 32.1. The molecule has 0 unspecified atom stereocenters. The highest BCUT2D eigenvalue weighted by molar-refractivity contribution is 7.80. The van der Waals surface area contributed by atoms with Gasteiger partial charge in [0.2, 0.25) is 0 Å². The summed E-state index contributed by atoms with van der Waals surface area (Å²) < 4.78 is 0. The van der Waals surface area contributed by atoms with Gasteiger partial charge in [0, 0.05) is 11.8 Å². The number of aryl methyl sites for hydroxylation is 1. The highest BCUT2D eigenvalue weighted by Gasteiger charge is 2.13. The van der Waals surface area contributed by atoms with Crippen molar-refractivity contribution >= 4 is 30.1 Å². The van der Waals surface area contributed by atoms with Crippen LogP contribution in [0.25, 0.3) is 6.08 Å². The van der Waals surface area contributed by atoms with Crippen molar-refractivity contribution in [2.24, 2.45) is 0 Å². The van der Waals surface area contributed by atoms with Gasteiger partial charge in [-0.15, -0.1) is 0 Å². The van der Waals surface area contributed by atoms with Crippen LogP contribution >= 0.6 is 12.6 Å². The standard InChI is InChI=1S/C10H12N2O2S/c1-7-5-8(3-2-4-15)6-9(10(7)11)12(13)14/h2-3,5-6,15H,4,11H2,1H3. The van der Waals surface area contributed by atoms with Crippen LogP contribution in [0.4, 0.5) is 11.4 Å². The zero-order valence-corrected chi connectivity index (χ0v) is 9.20. The van der Waals surface area contributed by atoms with E-state index < -0.39 is 4.92 Å². The first-order chi connectivity index (χ1) is 7.06. The Labute approximate surface area is 93.3 Å². The summed E-state index contributed by atoms with van der Waals surface area (Å²) in [6.07, 6.45) is 3.60. The minimum Gasteiger partial charge on any atom is -0.393 e. The maximum absolute atomic E-state index is 10.7. The Kier molecular flexibility index (Phi) is 3.74. The van der Waals surface area contributed by atoms with Crippen molar-refractivity contribution in [3.05, 3.63) is 39.4 Å². The molecule has 15 heavy (non-hydrogen) atoms. The molecule has 80 valence electrons. The Morgan fingerprint density at radius 1 is 1.60 bits per heavy atom. The molecule has 0 aliphatic rings. The quantitative estimate of drug-likeness (QED) is 0.358. The largest absolute Gasteiger partial charge is 0.393 e. The third kappa shape index (κ3) is 2.73. The third-order valence-electron chi connectivity index (χ3n) is 2.00. The number of nitrogens with zero attached hydrogens (tertiary/aromatic N) is 1. The molecular weight excluding hydrogens is 212 g/mol. The number of rotatable bonds is 3. The van der Waals surface area contributed by atoms with Gasteiger partial charge in [0.25, 0.3) is 5.69 Å². The number of nitrogen functional groups attached to an aromatic ring is 1. The molecule has 0 atom stereocenters. The maximum atomic E-state index is 10.7. The summed E-state index contributed by atoms with van der Waals surface area (Å²) in [6.45, 7) is 1.75. The van der Waals surface area contributed by atoms with Crippen molar-refractivity contribution in [1.29, 1.82) is 0 Å². The first-order valence-corrected chi connectivity index (χ1v) is 5.01. The molecule has 0 saturated heterocycles. The molecule has 0 spiro atoms. The summed E-state index contributed by atoms with van der Waals surface area (Å²) in [4.78, 5) is 10.2. The van der Waals surface area contributed by atoms with Gasteiger partial charge in [0.05, 0.1) is 4.92 Å². The fourth-order valence-corrected chi connectivity index (χ4v) is 1.35. The molecule has 5 heteroatoms. The summed E-state index contributed by atoms with van der Waals surface area (Å²) in [5.41, 5.74) is 7.26. The average molecular weight is 224 g/mol. The van der Waals surface area contributed by atoms with Gasteiger partial charge in [0.15, 0.2) is 0 Å². The lowest BCUT2D eigenvalue weighted by atomic mass is 10.1. The van der Waals surface area contributed by atoms with E-state index in [0.717, 1.165) is 5.56 Å². The smallest absolute Gasteiger partial charge is 0.292 e. The van der Waals surface area contributed by atoms with Crippen LogP contribution in [0.3, 0.4) is 0 Å². The molecule has 1 aromatic rings. The van der Waals surface area contributed by atoms with Crippen molar-refractivity contribution in [3.63, 3.8) is 0 Å². The van der Waals surface area contributed by atoms with Crippen LogP contribution < -0.4 is 5.73 Å². The zero-order chi connectivity index (χ0) is 11.4. The van der Waals surface area contributed by atoms with Gasteiger partial charge in [0.1, 0.15) is 5.69 Å². The lowest BCUT2D eigenvalue weighted by Gasteiger charge is -2.03. The van der Waals surface area contributed by atoms with Crippen LogP contribution in [-0.2, 0) is 0 Å². The molecule has 0 bridgehead atoms. The average Bonchev–Trinajstić information content (AvgIpc) is 2.19. The lowest BCUT2D eigenvalue weighted by molar-refractivity contribution is -0.383. The van der Waals surface area contributed by atoms with Gasteiger partial charge in [-0.1, -0.05) is 12.2 Å².